The third-order valence-electron chi connectivity index (χ3n) is 3.25. The second-order valence-electron chi connectivity index (χ2n) is 4.49. The van der Waals surface area contributed by atoms with E-state index >= 15 is 0 Å². The van der Waals surface area contributed by atoms with Crippen molar-refractivity contribution in [3.05, 3.63) is 58.9 Å². The Bertz CT molecular complexity index is 588. The van der Waals surface area contributed by atoms with E-state index in [4.69, 9.17) is 9.47 Å². The predicted molar refractivity (Wildman–Crippen MR) is 74.7 cm³/mol. The normalized spacial score (nSPS) is 12.1. The standard InChI is InChI=1S/C16H17FO3/c1-10-7-8-11(9-12(10)17)16(18)15-13(19-2)5-4-6-14(15)20-3/h4-9,16,18H,1-3H3. The number of hydrogen-bond acceptors (Lipinski definition) is 3. The van der Waals surface area contributed by atoms with Crippen LogP contribution < -0.4 is 9.47 Å². The maximum Gasteiger partial charge on any atom is 0.128 e. The van der Waals surface area contributed by atoms with E-state index in [0.717, 1.165) is 0 Å². The topological polar surface area (TPSA) is 38.7 Å². The minimum atomic E-state index is -1.02. The fraction of sp³-hybridized carbons (Fsp3) is 0.250. The van der Waals surface area contributed by atoms with Gasteiger partial charge < -0.3 is 14.6 Å². The summed E-state index contributed by atoms with van der Waals surface area (Å²) in [6.45, 7) is 1.68. The first-order chi connectivity index (χ1) is 9.58. The Kier molecular flexibility index (Phi) is 4.25. The van der Waals surface area contributed by atoms with Crippen LogP contribution >= 0.6 is 0 Å². The van der Waals surface area contributed by atoms with Crippen molar-refractivity contribution >= 4 is 0 Å². The first kappa shape index (κ1) is 14.3. The molecule has 0 radical (unpaired) electrons. The number of halogens is 1. The highest BCUT2D eigenvalue weighted by atomic mass is 19.1. The lowest BCUT2D eigenvalue weighted by Crippen LogP contribution is -2.05. The van der Waals surface area contributed by atoms with Gasteiger partial charge in [-0.2, -0.15) is 0 Å². The lowest BCUT2D eigenvalue weighted by Gasteiger charge is -2.18. The Labute approximate surface area is 117 Å². The van der Waals surface area contributed by atoms with Crippen molar-refractivity contribution in [3.63, 3.8) is 0 Å². The van der Waals surface area contributed by atoms with E-state index in [2.05, 4.69) is 0 Å². The molecule has 1 unspecified atom stereocenters. The van der Waals surface area contributed by atoms with Gasteiger partial charge in [0.1, 0.15) is 23.4 Å². The van der Waals surface area contributed by atoms with Crippen LogP contribution in [0.25, 0.3) is 0 Å². The summed E-state index contributed by atoms with van der Waals surface area (Å²) < 4.78 is 24.1. The number of aryl methyl sites for hydroxylation is 1. The molecule has 1 N–H and O–H groups in total. The molecule has 0 amide bonds. The smallest absolute Gasteiger partial charge is 0.128 e. The molecule has 1 atom stereocenters. The van der Waals surface area contributed by atoms with Gasteiger partial charge in [0.2, 0.25) is 0 Å². The average Bonchev–Trinajstić information content (AvgIpc) is 2.48. The summed E-state index contributed by atoms with van der Waals surface area (Å²) in [4.78, 5) is 0. The Hall–Kier alpha value is -2.07. The van der Waals surface area contributed by atoms with E-state index in [1.807, 2.05) is 0 Å². The van der Waals surface area contributed by atoms with Gasteiger partial charge in [-0.25, -0.2) is 4.39 Å². The van der Waals surface area contributed by atoms with Crippen LogP contribution in [0.5, 0.6) is 11.5 Å². The van der Waals surface area contributed by atoms with Crippen LogP contribution in [0.3, 0.4) is 0 Å². The number of hydrogen-bond donors (Lipinski definition) is 1. The third-order valence-corrected chi connectivity index (χ3v) is 3.25. The zero-order valence-electron chi connectivity index (χ0n) is 11.7. The number of ether oxygens (including phenoxy) is 2. The first-order valence-corrected chi connectivity index (χ1v) is 6.23. The number of aliphatic hydroxyl groups is 1. The van der Waals surface area contributed by atoms with Crippen LogP contribution in [-0.2, 0) is 0 Å². The van der Waals surface area contributed by atoms with Crippen LogP contribution in [0.2, 0.25) is 0 Å². The molecular formula is C16H17FO3. The molecule has 0 fully saturated rings. The molecule has 0 saturated heterocycles. The quantitative estimate of drug-likeness (QED) is 0.931. The number of benzene rings is 2. The van der Waals surface area contributed by atoms with Crippen LogP contribution in [0.4, 0.5) is 4.39 Å². The van der Waals surface area contributed by atoms with Gasteiger partial charge in [0.25, 0.3) is 0 Å². The molecule has 0 bridgehead atoms. The first-order valence-electron chi connectivity index (χ1n) is 6.23. The molecule has 0 spiro atoms. The number of rotatable bonds is 4. The zero-order chi connectivity index (χ0) is 14.7. The average molecular weight is 276 g/mol. The molecule has 20 heavy (non-hydrogen) atoms. The number of aliphatic hydroxyl groups excluding tert-OH is 1. The van der Waals surface area contributed by atoms with Gasteiger partial charge in [-0.3, -0.25) is 0 Å². The fourth-order valence-electron chi connectivity index (χ4n) is 2.10. The van der Waals surface area contributed by atoms with Crippen molar-refractivity contribution in [1.82, 2.24) is 0 Å². The summed E-state index contributed by atoms with van der Waals surface area (Å²) in [5, 5.41) is 10.5. The predicted octanol–water partition coefficient (Wildman–Crippen LogP) is 3.23. The highest BCUT2D eigenvalue weighted by molar-refractivity contribution is 5.49. The molecule has 0 aromatic heterocycles. The van der Waals surface area contributed by atoms with Gasteiger partial charge in [0.15, 0.2) is 0 Å². The van der Waals surface area contributed by atoms with Crippen LogP contribution in [0.15, 0.2) is 36.4 Å². The van der Waals surface area contributed by atoms with E-state index in [-0.39, 0.29) is 5.82 Å². The summed E-state index contributed by atoms with van der Waals surface area (Å²) in [5.41, 5.74) is 1.48. The molecular weight excluding hydrogens is 259 g/mol. The van der Waals surface area contributed by atoms with Gasteiger partial charge >= 0.3 is 0 Å². The van der Waals surface area contributed by atoms with Crippen molar-refractivity contribution < 1.29 is 19.0 Å². The van der Waals surface area contributed by atoms with Crippen molar-refractivity contribution in [3.8, 4) is 11.5 Å². The van der Waals surface area contributed by atoms with Crippen LogP contribution in [-0.4, -0.2) is 19.3 Å². The molecule has 0 heterocycles. The minimum Gasteiger partial charge on any atom is -0.496 e. The molecule has 2 rings (SSSR count). The maximum atomic E-state index is 13.6. The molecule has 106 valence electrons. The lowest BCUT2D eigenvalue weighted by atomic mass is 9.98. The molecule has 0 aliphatic rings. The SMILES string of the molecule is COc1cccc(OC)c1C(O)c1ccc(C)c(F)c1. The van der Waals surface area contributed by atoms with E-state index in [9.17, 15) is 9.50 Å². The molecule has 2 aromatic rings. The summed E-state index contributed by atoms with van der Waals surface area (Å²) in [7, 11) is 3.03. The molecule has 0 aliphatic heterocycles. The van der Waals surface area contributed by atoms with E-state index < -0.39 is 6.10 Å². The largest absolute Gasteiger partial charge is 0.496 e. The van der Waals surface area contributed by atoms with Gasteiger partial charge in [-0.05, 0) is 36.2 Å². The van der Waals surface area contributed by atoms with E-state index in [1.54, 1.807) is 37.3 Å². The second-order valence-corrected chi connectivity index (χ2v) is 4.49. The molecule has 0 aliphatic carbocycles. The monoisotopic (exact) mass is 276 g/mol. The van der Waals surface area contributed by atoms with E-state index in [0.29, 0.717) is 28.2 Å². The highest BCUT2D eigenvalue weighted by Gasteiger charge is 2.21. The summed E-state index contributed by atoms with van der Waals surface area (Å²) in [6, 6.07) is 9.87. The van der Waals surface area contributed by atoms with Crippen molar-refractivity contribution in [2.24, 2.45) is 0 Å². The minimum absolute atomic E-state index is 0.351. The summed E-state index contributed by atoms with van der Waals surface area (Å²) in [5.74, 6) is 0.645. The zero-order valence-corrected chi connectivity index (χ0v) is 11.7. The van der Waals surface area contributed by atoms with Gasteiger partial charge in [0, 0.05) is 0 Å². The van der Waals surface area contributed by atoms with Gasteiger partial charge in [-0.15, -0.1) is 0 Å². The van der Waals surface area contributed by atoms with Crippen LogP contribution in [0.1, 0.15) is 22.8 Å². The van der Waals surface area contributed by atoms with Gasteiger partial charge in [-0.1, -0.05) is 18.2 Å². The second kappa shape index (κ2) is 5.92. The Balaban J connectivity index is 2.51. The van der Waals surface area contributed by atoms with Gasteiger partial charge in [0.05, 0.1) is 19.8 Å². The molecule has 3 nitrogen and oxygen atoms in total. The highest BCUT2D eigenvalue weighted by Crippen LogP contribution is 2.37. The third kappa shape index (κ3) is 2.60. The molecule has 0 saturated carbocycles. The maximum absolute atomic E-state index is 13.6. The van der Waals surface area contributed by atoms with E-state index in [1.165, 1.54) is 20.3 Å². The molecule has 4 heteroatoms. The Morgan fingerprint density at radius 1 is 1.05 bits per heavy atom. The lowest BCUT2D eigenvalue weighted by molar-refractivity contribution is 0.208. The summed E-state index contributed by atoms with van der Waals surface area (Å²) in [6.07, 6.45) is -1.02. The van der Waals surface area contributed by atoms with Crippen molar-refractivity contribution in [1.29, 1.82) is 0 Å². The Morgan fingerprint density at radius 3 is 2.15 bits per heavy atom. The summed E-state index contributed by atoms with van der Waals surface area (Å²) >= 11 is 0. The van der Waals surface area contributed by atoms with Crippen molar-refractivity contribution in [2.45, 2.75) is 13.0 Å². The fourth-order valence-corrected chi connectivity index (χ4v) is 2.10. The van der Waals surface area contributed by atoms with Crippen molar-refractivity contribution in [2.75, 3.05) is 14.2 Å². The van der Waals surface area contributed by atoms with Crippen LogP contribution in [0, 0.1) is 12.7 Å². The molecule has 2 aromatic carbocycles. The number of methoxy groups -OCH3 is 2. The Morgan fingerprint density at radius 2 is 1.65 bits per heavy atom.